The molecule has 0 aromatic heterocycles. The molecule has 0 aromatic carbocycles. The third kappa shape index (κ3) is 3.71. The Balaban J connectivity index is 1.24. The van der Waals surface area contributed by atoms with E-state index in [1.54, 1.807) is 0 Å². The van der Waals surface area contributed by atoms with Gasteiger partial charge in [-0.05, 0) is 87.6 Å². The highest BCUT2D eigenvalue weighted by Crippen LogP contribution is 2.61. The zero-order chi connectivity index (χ0) is 17.4. The van der Waals surface area contributed by atoms with Crippen molar-refractivity contribution in [3.63, 3.8) is 0 Å². The summed E-state index contributed by atoms with van der Waals surface area (Å²) in [5, 5.41) is 6.12. The first-order valence-electron chi connectivity index (χ1n) is 10.2. The van der Waals surface area contributed by atoms with Gasteiger partial charge in [0.25, 0.3) is 0 Å². The second-order valence-electron chi connectivity index (χ2n) is 9.42. The maximum absolute atomic E-state index is 12.5. The van der Waals surface area contributed by atoms with Crippen LogP contribution in [0.15, 0.2) is 0 Å². The molecule has 0 spiro atoms. The highest BCUT2D eigenvalue weighted by Gasteiger charge is 2.51. The predicted octanol–water partition coefficient (Wildman–Crippen LogP) is 1.78. The van der Waals surface area contributed by atoms with E-state index in [9.17, 15) is 9.59 Å². The number of amides is 2. The third-order valence-corrected chi connectivity index (χ3v) is 7.27. The van der Waals surface area contributed by atoms with Crippen LogP contribution in [0.5, 0.6) is 0 Å². The molecule has 4 saturated carbocycles. The Morgan fingerprint density at radius 2 is 1.72 bits per heavy atom. The first-order valence-corrected chi connectivity index (χ1v) is 10.2. The molecular weight excluding hydrogens is 314 g/mol. The summed E-state index contributed by atoms with van der Waals surface area (Å²) in [6.07, 6.45) is 9.67. The summed E-state index contributed by atoms with van der Waals surface area (Å²) in [5.74, 6) is 3.34. The van der Waals surface area contributed by atoms with Crippen molar-refractivity contribution in [3.8, 4) is 0 Å². The fraction of sp³-hybridized carbons (Fsp3) is 0.900. The van der Waals surface area contributed by atoms with Crippen molar-refractivity contribution < 1.29 is 9.59 Å². The van der Waals surface area contributed by atoms with Crippen LogP contribution < -0.4 is 10.6 Å². The van der Waals surface area contributed by atoms with Crippen molar-refractivity contribution in [2.45, 2.75) is 51.4 Å². The first-order chi connectivity index (χ1) is 12.0. The predicted molar refractivity (Wildman–Crippen MR) is 96.8 cm³/mol. The van der Waals surface area contributed by atoms with Crippen LogP contribution in [0.1, 0.15) is 51.4 Å². The molecule has 4 bridgehead atoms. The van der Waals surface area contributed by atoms with Crippen LogP contribution in [0, 0.1) is 29.1 Å². The summed E-state index contributed by atoms with van der Waals surface area (Å²) in [6, 6.07) is 0. The molecule has 140 valence electrons. The Morgan fingerprint density at radius 1 is 1.08 bits per heavy atom. The lowest BCUT2D eigenvalue weighted by molar-refractivity contribution is -0.135. The molecule has 4 aliphatic carbocycles. The summed E-state index contributed by atoms with van der Waals surface area (Å²) in [7, 11) is 1.95. The van der Waals surface area contributed by atoms with Gasteiger partial charge >= 0.3 is 0 Å². The van der Waals surface area contributed by atoms with Crippen molar-refractivity contribution in [1.82, 2.24) is 15.5 Å². The maximum atomic E-state index is 12.5. The van der Waals surface area contributed by atoms with Gasteiger partial charge in [-0.2, -0.15) is 0 Å². The average Bonchev–Trinajstić information content (AvgIpc) is 3.00. The molecule has 5 aliphatic rings. The normalized spacial score (nSPS) is 39.0. The van der Waals surface area contributed by atoms with E-state index in [2.05, 4.69) is 10.6 Å². The number of hydrogen-bond donors (Lipinski definition) is 2. The van der Waals surface area contributed by atoms with E-state index >= 15 is 0 Å². The van der Waals surface area contributed by atoms with Crippen LogP contribution in [0.2, 0.25) is 0 Å². The number of rotatable bonds is 6. The molecule has 5 heteroatoms. The van der Waals surface area contributed by atoms with E-state index in [1.807, 2.05) is 11.9 Å². The number of carbonyl (C=O) groups excluding carboxylic acids is 2. The van der Waals surface area contributed by atoms with Crippen molar-refractivity contribution in [3.05, 3.63) is 0 Å². The van der Waals surface area contributed by atoms with Crippen LogP contribution >= 0.6 is 0 Å². The molecule has 25 heavy (non-hydrogen) atoms. The van der Waals surface area contributed by atoms with Gasteiger partial charge in [0.2, 0.25) is 11.8 Å². The molecule has 1 heterocycles. The minimum atomic E-state index is 0.0810. The summed E-state index contributed by atoms with van der Waals surface area (Å²) >= 11 is 0. The number of nitrogens with zero attached hydrogens (tertiary/aromatic N) is 1. The minimum absolute atomic E-state index is 0.0810. The monoisotopic (exact) mass is 347 g/mol. The molecule has 2 N–H and O–H groups in total. The van der Waals surface area contributed by atoms with Crippen LogP contribution in [0.3, 0.4) is 0 Å². The number of likely N-dealkylation sites (tertiary alicyclic amines) is 1. The molecule has 5 nitrogen and oxygen atoms in total. The maximum Gasteiger partial charge on any atom is 0.241 e. The fourth-order valence-electron chi connectivity index (χ4n) is 6.71. The van der Waals surface area contributed by atoms with Gasteiger partial charge in [-0.1, -0.05) is 0 Å². The second-order valence-corrected chi connectivity index (χ2v) is 9.42. The lowest BCUT2D eigenvalue weighted by Crippen LogP contribution is -2.48. The molecule has 1 saturated heterocycles. The smallest absolute Gasteiger partial charge is 0.241 e. The molecule has 2 amide bonds. The summed E-state index contributed by atoms with van der Waals surface area (Å²) in [6.45, 7) is 2.79. The topological polar surface area (TPSA) is 61.4 Å². The summed E-state index contributed by atoms with van der Waals surface area (Å²) < 4.78 is 0. The molecule has 1 atom stereocenters. The molecule has 1 unspecified atom stereocenters. The number of carbonyl (C=O) groups is 2. The van der Waals surface area contributed by atoms with Crippen LogP contribution in [-0.4, -0.2) is 49.9 Å². The van der Waals surface area contributed by atoms with Gasteiger partial charge in [0.05, 0.1) is 6.54 Å². The molecule has 5 rings (SSSR count). The van der Waals surface area contributed by atoms with E-state index in [-0.39, 0.29) is 23.8 Å². The van der Waals surface area contributed by atoms with Crippen LogP contribution in [0.25, 0.3) is 0 Å². The van der Waals surface area contributed by atoms with Crippen molar-refractivity contribution in [2.75, 3.05) is 33.2 Å². The van der Waals surface area contributed by atoms with Gasteiger partial charge < -0.3 is 15.5 Å². The van der Waals surface area contributed by atoms with E-state index in [1.165, 1.54) is 38.5 Å². The van der Waals surface area contributed by atoms with Crippen molar-refractivity contribution in [2.24, 2.45) is 29.1 Å². The largest absolute Gasteiger partial charge is 0.347 e. The Bertz CT molecular complexity index is 498. The number of hydrogen-bond acceptors (Lipinski definition) is 3. The molecule has 0 radical (unpaired) electrons. The Morgan fingerprint density at radius 3 is 2.32 bits per heavy atom. The molecule has 5 fully saturated rings. The van der Waals surface area contributed by atoms with Crippen molar-refractivity contribution >= 4 is 11.8 Å². The lowest BCUT2D eigenvalue weighted by Gasteiger charge is -2.56. The standard InChI is InChI=1S/C20H33N3O2/c1-21-11-14-2-3-23(13-14)19(25)12-22-18(24)10-20-7-15-4-16(8-20)6-17(5-15)9-20/h14-17,21H,2-13H2,1H3,(H,22,24). The quantitative estimate of drug-likeness (QED) is 0.770. The zero-order valence-corrected chi connectivity index (χ0v) is 15.6. The Kier molecular flexibility index (Phi) is 4.78. The van der Waals surface area contributed by atoms with E-state index in [0.717, 1.165) is 43.8 Å². The summed E-state index contributed by atoms with van der Waals surface area (Å²) in [4.78, 5) is 26.8. The van der Waals surface area contributed by atoms with Crippen LogP contribution in [-0.2, 0) is 9.59 Å². The van der Waals surface area contributed by atoms with Gasteiger partial charge in [0.1, 0.15) is 0 Å². The number of nitrogens with one attached hydrogen (secondary N) is 2. The highest BCUT2D eigenvalue weighted by atomic mass is 16.2. The van der Waals surface area contributed by atoms with Gasteiger partial charge in [0.15, 0.2) is 0 Å². The van der Waals surface area contributed by atoms with Gasteiger partial charge in [-0.25, -0.2) is 0 Å². The van der Waals surface area contributed by atoms with Gasteiger partial charge in [0, 0.05) is 19.5 Å². The van der Waals surface area contributed by atoms with Crippen LogP contribution in [0.4, 0.5) is 0 Å². The second kappa shape index (κ2) is 6.90. The minimum Gasteiger partial charge on any atom is -0.347 e. The lowest BCUT2D eigenvalue weighted by atomic mass is 9.49. The average molecular weight is 348 g/mol. The Hall–Kier alpha value is -1.10. The van der Waals surface area contributed by atoms with E-state index in [0.29, 0.717) is 12.3 Å². The SMILES string of the molecule is CNCC1CCN(C(=O)CNC(=O)CC23CC4CC(CC(C4)C2)C3)C1. The highest BCUT2D eigenvalue weighted by molar-refractivity contribution is 5.85. The fourth-order valence-corrected chi connectivity index (χ4v) is 6.71. The van der Waals surface area contributed by atoms with E-state index in [4.69, 9.17) is 0 Å². The molecule has 1 aliphatic heterocycles. The molecular formula is C20H33N3O2. The molecule has 0 aromatic rings. The summed E-state index contributed by atoms with van der Waals surface area (Å²) in [5.41, 5.74) is 0.257. The van der Waals surface area contributed by atoms with Gasteiger partial charge in [-0.15, -0.1) is 0 Å². The van der Waals surface area contributed by atoms with Gasteiger partial charge in [-0.3, -0.25) is 9.59 Å². The first kappa shape index (κ1) is 17.3. The third-order valence-electron chi connectivity index (χ3n) is 7.27. The van der Waals surface area contributed by atoms with Crippen molar-refractivity contribution in [1.29, 1.82) is 0 Å². The Labute approximate surface area is 151 Å². The van der Waals surface area contributed by atoms with E-state index < -0.39 is 0 Å². The zero-order valence-electron chi connectivity index (χ0n) is 15.6.